The lowest BCUT2D eigenvalue weighted by molar-refractivity contribution is -0.136. The minimum Gasteiger partial charge on any atom is -0.275 e. The summed E-state index contributed by atoms with van der Waals surface area (Å²) in [6.45, 7) is 6.42. The van der Waals surface area contributed by atoms with Crippen LogP contribution in [0.2, 0.25) is 0 Å². The first-order valence-electron chi connectivity index (χ1n) is 2.44. The van der Waals surface area contributed by atoms with Crippen LogP contribution < -0.4 is 0 Å². The monoisotopic (exact) mass is 122 g/mol. The number of hydrogen-bond donors (Lipinski definition) is 0. The minimum atomic E-state index is -0.394. The second kappa shape index (κ2) is 2.01. The molecule has 0 fully saturated rings. The van der Waals surface area contributed by atoms with Gasteiger partial charge in [0.2, 0.25) is 0 Å². The number of carbonyl (C=O) groups is 2. The fourth-order valence-electron chi connectivity index (χ4n) is 0.587. The molecule has 0 saturated heterocycles. The molecule has 0 aliphatic carbocycles. The minimum absolute atomic E-state index is 0.287. The standard InChI is InChI=1S/C6H4NO2/c1-2-7-5(8)3-4-6(7)9/h3-4H,2H2. The van der Waals surface area contributed by atoms with Gasteiger partial charge in [0.05, 0.1) is 0 Å². The first kappa shape index (κ1) is 6.01. The van der Waals surface area contributed by atoms with Crippen LogP contribution in [0.3, 0.4) is 0 Å². The van der Waals surface area contributed by atoms with Crippen molar-refractivity contribution >= 4 is 11.8 Å². The molecule has 45 valence electrons. The molecule has 2 amide bonds. The molecule has 3 nitrogen and oxygen atoms in total. The van der Waals surface area contributed by atoms with E-state index in [0.717, 1.165) is 17.1 Å². The van der Waals surface area contributed by atoms with Gasteiger partial charge in [0.15, 0.2) is 0 Å². The van der Waals surface area contributed by atoms with Crippen molar-refractivity contribution in [1.82, 2.24) is 4.90 Å². The van der Waals surface area contributed by atoms with Crippen LogP contribution in [0, 0.1) is 6.92 Å². The summed E-state index contributed by atoms with van der Waals surface area (Å²) in [4.78, 5) is 21.9. The molecular weight excluding hydrogens is 118 g/mol. The third-order valence-electron chi connectivity index (χ3n) is 1.06. The second-order valence-corrected chi connectivity index (χ2v) is 1.60. The third kappa shape index (κ3) is 0.850. The highest BCUT2D eigenvalue weighted by molar-refractivity contribution is 6.12. The van der Waals surface area contributed by atoms with Crippen LogP contribution in [-0.2, 0) is 9.59 Å². The quantitative estimate of drug-likeness (QED) is 0.439. The Morgan fingerprint density at radius 3 is 2.00 bits per heavy atom. The summed E-state index contributed by atoms with van der Waals surface area (Å²) in [6, 6.07) is 0. The second-order valence-electron chi connectivity index (χ2n) is 1.60. The van der Waals surface area contributed by atoms with Crippen molar-refractivity contribution < 1.29 is 9.59 Å². The molecule has 3 radical (unpaired) electrons. The van der Waals surface area contributed by atoms with E-state index in [4.69, 9.17) is 6.92 Å². The van der Waals surface area contributed by atoms with Crippen molar-refractivity contribution in [2.75, 3.05) is 6.54 Å². The maximum atomic E-state index is 10.5. The van der Waals surface area contributed by atoms with E-state index in [0.29, 0.717) is 0 Å². The number of nitrogens with zero attached hydrogens (tertiary/aromatic N) is 1. The van der Waals surface area contributed by atoms with E-state index in [1.165, 1.54) is 0 Å². The summed E-state index contributed by atoms with van der Waals surface area (Å²) in [7, 11) is 0. The Morgan fingerprint density at radius 2 is 1.78 bits per heavy atom. The van der Waals surface area contributed by atoms with Gasteiger partial charge in [0, 0.05) is 25.6 Å². The van der Waals surface area contributed by atoms with Crippen molar-refractivity contribution in [3.63, 3.8) is 0 Å². The van der Waals surface area contributed by atoms with Crippen molar-refractivity contribution in [1.29, 1.82) is 0 Å². The summed E-state index contributed by atoms with van der Waals surface area (Å²) in [6.07, 6.45) is 2.33. The van der Waals surface area contributed by atoms with Gasteiger partial charge in [-0.05, 0) is 0 Å². The molecule has 0 unspecified atom stereocenters. The van der Waals surface area contributed by atoms with Crippen LogP contribution in [0.25, 0.3) is 0 Å². The normalized spacial score (nSPS) is 17.7. The third-order valence-corrected chi connectivity index (χ3v) is 1.06. The Labute approximate surface area is 53.0 Å². The van der Waals surface area contributed by atoms with Gasteiger partial charge in [-0.3, -0.25) is 14.5 Å². The molecule has 0 saturated carbocycles. The molecule has 0 aromatic rings. The fraction of sp³-hybridized carbons (Fsp3) is 0.167. The fourth-order valence-corrected chi connectivity index (χ4v) is 0.587. The Hall–Kier alpha value is -1.12. The smallest absolute Gasteiger partial charge is 0.253 e. The molecule has 0 spiro atoms. The number of rotatable bonds is 1. The summed E-state index contributed by atoms with van der Waals surface area (Å²) in [5.41, 5.74) is 0. The Balaban J connectivity index is 2.75. The number of carbonyl (C=O) groups excluding carboxylic acids is 2. The molecule has 0 N–H and O–H groups in total. The predicted octanol–water partition coefficient (Wildman–Crippen LogP) is -0.501. The highest BCUT2D eigenvalue weighted by Gasteiger charge is 2.20. The molecule has 9 heavy (non-hydrogen) atoms. The van der Waals surface area contributed by atoms with E-state index in [9.17, 15) is 9.59 Å². The zero-order chi connectivity index (χ0) is 6.85. The van der Waals surface area contributed by atoms with Gasteiger partial charge < -0.3 is 0 Å². The van der Waals surface area contributed by atoms with Crippen molar-refractivity contribution in [2.24, 2.45) is 0 Å². The van der Waals surface area contributed by atoms with E-state index in [1.54, 1.807) is 0 Å². The Bertz CT molecular complexity index is 165. The maximum Gasteiger partial charge on any atom is 0.253 e. The van der Waals surface area contributed by atoms with Crippen LogP contribution in [0.15, 0.2) is 12.2 Å². The van der Waals surface area contributed by atoms with Gasteiger partial charge in [0.25, 0.3) is 11.8 Å². The van der Waals surface area contributed by atoms with E-state index in [-0.39, 0.29) is 6.54 Å². The zero-order valence-electron chi connectivity index (χ0n) is 4.63. The first-order chi connectivity index (χ1) is 4.25. The largest absolute Gasteiger partial charge is 0.275 e. The number of amides is 2. The molecule has 0 atom stereocenters. The topological polar surface area (TPSA) is 37.4 Å². The van der Waals surface area contributed by atoms with Gasteiger partial charge in [-0.2, -0.15) is 0 Å². The molecule has 1 aliphatic heterocycles. The molecule has 1 rings (SSSR count). The lowest BCUT2D eigenvalue weighted by Crippen LogP contribution is -2.29. The van der Waals surface area contributed by atoms with Crippen LogP contribution in [0.4, 0.5) is 0 Å². The average Bonchev–Trinajstić information content (AvgIpc) is 2.12. The number of imide groups is 1. The van der Waals surface area contributed by atoms with Gasteiger partial charge >= 0.3 is 0 Å². The van der Waals surface area contributed by atoms with E-state index in [1.807, 2.05) is 0 Å². The van der Waals surface area contributed by atoms with Gasteiger partial charge in [-0.25, -0.2) is 0 Å². The molecule has 0 aromatic carbocycles. The molecule has 0 aromatic heterocycles. The van der Waals surface area contributed by atoms with Crippen molar-refractivity contribution in [2.45, 2.75) is 0 Å². The van der Waals surface area contributed by atoms with Crippen molar-refractivity contribution in [3.05, 3.63) is 19.1 Å². The molecule has 0 bridgehead atoms. The predicted molar refractivity (Wildman–Crippen MR) is 29.1 cm³/mol. The summed E-state index contributed by atoms with van der Waals surface area (Å²) < 4.78 is 0. The van der Waals surface area contributed by atoms with E-state index >= 15 is 0 Å². The summed E-state index contributed by atoms with van der Waals surface area (Å²) >= 11 is 0. The SMILES string of the molecule is [C]CN1C(=O)C=CC1=O. The molecule has 3 heteroatoms. The van der Waals surface area contributed by atoms with Gasteiger partial charge in [-0.1, -0.05) is 0 Å². The van der Waals surface area contributed by atoms with Gasteiger partial charge in [-0.15, -0.1) is 0 Å². The average molecular weight is 122 g/mol. The first-order valence-corrected chi connectivity index (χ1v) is 2.44. The summed E-state index contributed by atoms with van der Waals surface area (Å²) in [5.74, 6) is -0.787. The Morgan fingerprint density at radius 1 is 1.33 bits per heavy atom. The Kier molecular flexibility index (Phi) is 1.34. The highest BCUT2D eigenvalue weighted by atomic mass is 16.2. The van der Waals surface area contributed by atoms with Crippen molar-refractivity contribution in [3.8, 4) is 0 Å². The molecule has 1 aliphatic rings. The van der Waals surface area contributed by atoms with E-state index < -0.39 is 11.8 Å². The molecule has 1 heterocycles. The number of hydrogen-bond acceptors (Lipinski definition) is 2. The van der Waals surface area contributed by atoms with Crippen LogP contribution in [0.1, 0.15) is 0 Å². The highest BCUT2D eigenvalue weighted by Crippen LogP contribution is 2.00. The van der Waals surface area contributed by atoms with Crippen LogP contribution in [0.5, 0.6) is 0 Å². The van der Waals surface area contributed by atoms with Crippen LogP contribution >= 0.6 is 0 Å². The van der Waals surface area contributed by atoms with E-state index in [2.05, 4.69) is 0 Å². The summed E-state index contributed by atoms with van der Waals surface area (Å²) in [5, 5.41) is 0. The van der Waals surface area contributed by atoms with Gasteiger partial charge in [0.1, 0.15) is 0 Å². The zero-order valence-corrected chi connectivity index (χ0v) is 4.63. The van der Waals surface area contributed by atoms with Crippen LogP contribution in [-0.4, -0.2) is 23.3 Å². The molecular formula is C6H4NO2. The lowest BCUT2D eigenvalue weighted by Gasteiger charge is -2.07. The lowest BCUT2D eigenvalue weighted by atomic mass is 10.5. The maximum absolute atomic E-state index is 10.5.